The summed E-state index contributed by atoms with van der Waals surface area (Å²) in [5.41, 5.74) is 6.70. The van der Waals surface area contributed by atoms with Gasteiger partial charge in [-0.2, -0.15) is 0 Å². The first-order valence-corrected chi connectivity index (χ1v) is 5.59. The summed E-state index contributed by atoms with van der Waals surface area (Å²) in [6.07, 6.45) is 1.49. The third-order valence-corrected chi connectivity index (χ3v) is 2.85. The van der Waals surface area contributed by atoms with Gasteiger partial charge in [0, 0.05) is 11.6 Å². The minimum Gasteiger partial charge on any atom is -0.495 e. The minimum absolute atomic E-state index is 0.238. The summed E-state index contributed by atoms with van der Waals surface area (Å²) in [4.78, 5) is 4.18. The Labute approximate surface area is 108 Å². The smallest absolute Gasteiger partial charge is 0.208 e. The second kappa shape index (κ2) is 4.96. The topological polar surface area (TPSA) is 61.3 Å². The van der Waals surface area contributed by atoms with Crippen molar-refractivity contribution in [1.82, 2.24) is 4.98 Å². The average Bonchev–Trinajstić information content (AvgIpc) is 2.80. The molecule has 2 N–H and O–H groups in total. The molecule has 0 aliphatic carbocycles. The van der Waals surface area contributed by atoms with E-state index in [1.807, 2.05) is 0 Å². The van der Waals surface area contributed by atoms with E-state index in [1.54, 1.807) is 12.1 Å². The second-order valence-corrected chi connectivity index (χ2v) is 4.11. The first-order chi connectivity index (χ1) is 8.15. The molecule has 0 radical (unpaired) electrons. The average molecular weight is 273 g/mol. The zero-order valence-corrected chi connectivity index (χ0v) is 10.5. The molecule has 2 aromatic rings. The molecule has 1 heterocycles. The fourth-order valence-corrected chi connectivity index (χ4v) is 1.90. The Morgan fingerprint density at radius 2 is 2.12 bits per heavy atom. The van der Waals surface area contributed by atoms with E-state index in [-0.39, 0.29) is 6.54 Å². The van der Waals surface area contributed by atoms with Gasteiger partial charge in [0.2, 0.25) is 5.89 Å². The molecule has 0 fully saturated rings. The molecule has 4 nitrogen and oxygen atoms in total. The number of benzene rings is 1. The van der Waals surface area contributed by atoms with Crippen LogP contribution >= 0.6 is 23.2 Å². The molecule has 6 heteroatoms. The van der Waals surface area contributed by atoms with Crippen molar-refractivity contribution in [2.24, 2.45) is 5.73 Å². The largest absolute Gasteiger partial charge is 0.495 e. The lowest BCUT2D eigenvalue weighted by Crippen LogP contribution is -1.95. The number of methoxy groups -OCH3 is 1. The van der Waals surface area contributed by atoms with Crippen molar-refractivity contribution in [1.29, 1.82) is 0 Å². The molecular formula is C11H10Cl2N2O2. The Morgan fingerprint density at radius 1 is 1.35 bits per heavy atom. The van der Waals surface area contributed by atoms with E-state index in [4.69, 9.17) is 38.1 Å². The minimum atomic E-state index is 0.238. The maximum atomic E-state index is 6.12. The van der Waals surface area contributed by atoms with Crippen molar-refractivity contribution in [3.8, 4) is 17.0 Å². The Morgan fingerprint density at radius 3 is 2.71 bits per heavy atom. The molecule has 0 aliphatic rings. The van der Waals surface area contributed by atoms with Crippen molar-refractivity contribution >= 4 is 23.2 Å². The molecule has 0 saturated heterocycles. The van der Waals surface area contributed by atoms with Crippen LogP contribution in [0.1, 0.15) is 5.89 Å². The van der Waals surface area contributed by atoms with Gasteiger partial charge in [-0.1, -0.05) is 23.2 Å². The molecular weight excluding hydrogens is 263 g/mol. The molecule has 17 heavy (non-hydrogen) atoms. The van der Waals surface area contributed by atoms with Crippen molar-refractivity contribution < 1.29 is 9.15 Å². The van der Waals surface area contributed by atoms with Gasteiger partial charge < -0.3 is 14.9 Å². The normalized spacial score (nSPS) is 10.6. The molecule has 0 bridgehead atoms. The number of aromatic nitrogens is 1. The van der Waals surface area contributed by atoms with Crippen molar-refractivity contribution in [3.05, 3.63) is 34.3 Å². The number of ether oxygens (including phenoxy) is 1. The van der Waals surface area contributed by atoms with Crippen LogP contribution in [0.3, 0.4) is 0 Å². The summed E-state index contributed by atoms with van der Waals surface area (Å²) in [7, 11) is 1.53. The number of rotatable bonds is 3. The van der Waals surface area contributed by atoms with E-state index in [9.17, 15) is 0 Å². The summed E-state index contributed by atoms with van der Waals surface area (Å²) in [5.74, 6) is 0.964. The number of hydrogen-bond acceptors (Lipinski definition) is 4. The highest BCUT2D eigenvalue weighted by atomic mass is 35.5. The summed E-state index contributed by atoms with van der Waals surface area (Å²) < 4.78 is 10.2. The van der Waals surface area contributed by atoms with Gasteiger partial charge in [0.25, 0.3) is 0 Å². The first kappa shape index (κ1) is 12.2. The predicted molar refractivity (Wildman–Crippen MR) is 66.4 cm³/mol. The molecule has 1 aromatic carbocycles. The molecule has 0 saturated carbocycles. The summed E-state index contributed by atoms with van der Waals surface area (Å²) in [6.45, 7) is 0.238. The van der Waals surface area contributed by atoms with Crippen LogP contribution in [-0.2, 0) is 6.54 Å². The Hall–Kier alpha value is -1.23. The van der Waals surface area contributed by atoms with Crippen LogP contribution in [0.5, 0.6) is 5.75 Å². The number of nitrogens with zero attached hydrogens (tertiary/aromatic N) is 1. The van der Waals surface area contributed by atoms with Gasteiger partial charge in [0.05, 0.1) is 23.7 Å². The van der Waals surface area contributed by atoms with Gasteiger partial charge in [-0.15, -0.1) is 0 Å². The van der Waals surface area contributed by atoms with Gasteiger partial charge in [-0.25, -0.2) is 4.98 Å². The van der Waals surface area contributed by atoms with E-state index in [0.717, 1.165) is 0 Å². The third-order valence-electron chi connectivity index (χ3n) is 2.24. The zero-order valence-electron chi connectivity index (χ0n) is 9.04. The maximum absolute atomic E-state index is 6.12. The van der Waals surface area contributed by atoms with Gasteiger partial charge in [-0.3, -0.25) is 0 Å². The molecule has 0 amide bonds. The molecule has 2 rings (SSSR count). The quantitative estimate of drug-likeness (QED) is 0.933. The number of nitrogens with two attached hydrogens (primary N) is 1. The molecule has 90 valence electrons. The fraction of sp³-hybridized carbons (Fsp3) is 0.182. The fourth-order valence-electron chi connectivity index (χ4n) is 1.41. The molecule has 0 spiro atoms. The third kappa shape index (κ3) is 2.39. The number of halogens is 2. The summed E-state index contributed by atoms with van der Waals surface area (Å²) in [5, 5.41) is 0.951. The van der Waals surface area contributed by atoms with Crippen LogP contribution < -0.4 is 10.5 Å². The lowest BCUT2D eigenvalue weighted by molar-refractivity contribution is 0.415. The highest BCUT2D eigenvalue weighted by Crippen LogP contribution is 2.36. The van der Waals surface area contributed by atoms with E-state index in [1.165, 1.54) is 13.4 Å². The highest BCUT2D eigenvalue weighted by Gasteiger charge is 2.13. The van der Waals surface area contributed by atoms with Crippen LogP contribution in [0.25, 0.3) is 11.3 Å². The second-order valence-electron chi connectivity index (χ2n) is 3.30. The number of hydrogen-bond donors (Lipinski definition) is 1. The van der Waals surface area contributed by atoms with E-state index in [0.29, 0.717) is 32.9 Å². The van der Waals surface area contributed by atoms with Crippen LogP contribution in [-0.4, -0.2) is 12.1 Å². The van der Waals surface area contributed by atoms with Crippen LogP contribution in [0.15, 0.2) is 22.8 Å². The van der Waals surface area contributed by atoms with Gasteiger partial charge in [0.1, 0.15) is 17.7 Å². The molecule has 0 unspecified atom stereocenters. The zero-order chi connectivity index (χ0) is 12.4. The monoisotopic (exact) mass is 272 g/mol. The lowest BCUT2D eigenvalue weighted by atomic mass is 10.1. The van der Waals surface area contributed by atoms with E-state index in [2.05, 4.69) is 4.98 Å². The number of oxazole rings is 1. The molecule has 1 aromatic heterocycles. The van der Waals surface area contributed by atoms with Crippen LogP contribution in [0.2, 0.25) is 10.0 Å². The maximum Gasteiger partial charge on any atom is 0.208 e. The Bertz CT molecular complexity index is 540. The van der Waals surface area contributed by atoms with E-state index >= 15 is 0 Å². The molecule has 0 aliphatic heterocycles. The van der Waals surface area contributed by atoms with Gasteiger partial charge in [0.15, 0.2) is 0 Å². The standard InChI is InChI=1S/C11H10Cl2N2O2/c1-16-10-3-7(12)6(2-8(10)13)9-5-17-11(4-14)15-9/h2-3,5H,4,14H2,1H3. The van der Waals surface area contributed by atoms with Crippen LogP contribution in [0, 0.1) is 0 Å². The lowest BCUT2D eigenvalue weighted by Gasteiger charge is -2.06. The Balaban J connectivity index is 2.48. The highest BCUT2D eigenvalue weighted by molar-refractivity contribution is 6.36. The van der Waals surface area contributed by atoms with Crippen molar-refractivity contribution in [3.63, 3.8) is 0 Å². The predicted octanol–water partition coefficient (Wildman–Crippen LogP) is 3.12. The Kier molecular flexibility index (Phi) is 3.57. The summed E-state index contributed by atoms with van der Waals surface area (Å²) in [6, 6.07) is 3.32. The van der Waals surface area contributed by atoms with Crippen molar-refractivity contribution in [2.75, 3.05) is 7.11 Å². The summed E-state index contributed by atoms with van der Waals surface area (Å²) >= 11 is 12.1. The van der Waals surface area contributed by atoms with Gasteiger partial charge >= 0.3 is 0 Å². The van der Waals surface area contributed by atoms with Crippen LogP contribution in [0.4, 0.5) is 0 Å². The SMILES string of the molecule is COc1cc(Cl)c(-c2coc(CN)n2)cc1Cl. The molecule has 0 atom stereocenters. The van der Waals surface area contributed by atoms with Crippen molar-refractivity contribution in [2.45, 2.75) is 6.54 Å². The van der Waals surface area contributed by atoms with E-state index < -0.39 is 0 Å². The van der Waals surface area contributed by atoms with Gasteiger partial charge in [-0.05, 0) is 6.07 Å². The first-order valence-electron chi connectivity index (χ1n) is 4.83.